The Morgan fingerprint density at radius 3 is 2.76 bits per heavy atom. The minimum absolute atomic E-state index is 0.0390. The number of likely N-dealkylation sites (N-methyl/N-ethyl adjacent to an activating group) is 1. The van der Waals surface area contributed by atoms with Gasteiger partial charge < -0.3 is 14.9 Å². The minimum atomic E-state index is -0.0938. The van der Waals surface area contributed by atoms with Crippen LogP contribution in [0.1, 0.15) is 29.3 Å². The lowest BCUT2D eigenvalue weighted by molar-refractivity contribution is -0.132. The molecule has 5 rings (SSSR count). The molecule has 1 N–H and O–H groups in total. The van der Waals surface area contributed by atoms with Gasteiger partial charge in [0.25, 0.3) is 0 Å². The van der Waals surface area contributed by atoms with Gasteiger partial charge in [-0.1, -0.05) is 24.3 Å². The van der Waals surface area contributed by atoms with E-state index < -0.39 is 0 Å². The van der Waals surface area contributed by atoms with E-state index in [-0.39, 0.29) is 36.9 Å². The number of aliphatic hydroxyl groups excluding tert-OH is 1. The van der Waals surface area contributed by atoms with E-state index in [1.165, 1.54) is 0 Å². The Morgan fingerprint density at radius 2 is 2.00 bits per heavy atom. The van der Waals surface area contributed by atoms with Crippen molar-refractivity contribution in [2.24, 2.45) is 5.92 Å². The summed E-state index contributed by atoms with van der Waals surface area (Å²) in [5.74, 6) is 0.214. The van der Waals surface area contributed by atoms with Crippen molar-refractivity contribution in [3.8, 4) is 17.2 Å². The van der Waals surface area contributed by atoms with Crippen LogP contribution >= 0.6 is 0 Å². The summed E-state index contributed by atoms with van der Waals surface area (Å²) in [5.41, 5.74) is 5.51. The number of aromatic nitrogens is 1. The molecule has 0 aliphatic carbocycles. The number of anilines is 1. The number of amides is 1. The Morgan fingerprint density at radius 1 is 1.15 bits per heavy atom. The molecule has 0 saturated carbocycles. The number of nitrogens with zero attached hydrogens (tertiary/aromatic N) is 4. The molecule has 33 heavy (non-hydrogen) atoms. The van der Waals surface area contributed by atoms with Gasteiger partial charge in [-0.3, -0.25) is 9.78 Å². The molecule has 6 nitrogen and oxygen atoms in total. The predicted molar refractivity (Wildman–Crippen MR) is 126 cm³/mol. The normalized spacial score (nSPS) is 21.3. The zero-order valence-corrected chi connectivity index (χ0v) is 18.6. The van der Waals surface area contributed by atoms with Gasteiger partial charge in [-0.2, -0.15) is 5.26 Å². The third-order valence-electron chi connectivity index (χ3n) is 7.05. The van der Waals surface area contributed by atoms with Gasteiger partial charge >= 0.3 is 0 Å². The van der Waals surface area contributed by atoms with Gasteiger partial charge in [-0.25, -0.2) is 0 Å². The zero-order chi connectivity index (χ0) is 22.9. The molecule has 1 aromatic heterocycles. The van der Waals surface area contributed by atoms with Crippen molar-refractivity contribution in [2.45, 2.75) is 24.9 Å². The van der Waals surface area contributed by atoms with Crippen molar-refractivity contribution in [1.82, 2.24) is 9.88 Å². The standard InChI is InChI=1S/C27H26N4O2/c1-30-24-9-8-20(19-6-4-5-18(13-19)16-28)14-23(24)27-22(25(30)17-32)10-12-31(27)26(33)15-21-7-2-3-11-29-21/h2-9,11,13-14,22,25,27,32H,10,12,15,17H2,1H3/t22-,25-,27-/m0/s1. The molecule has 1 saturated heterocycles. The Balaban J connectivity index is 1.55. The van der Waals surface area contributed by atoms with E-state index in [0.717, 1.165) is 34.5 Å². The molecule has 0 unspecified atom stereocenters. The number of pyridine rings is 1. The van der Waals surface area contributed by atoms with Gasteiger partial charge in [0.15, 0.2) is 0 Å². The van der Waals surface area contributed by atoms with E-state index in [2.05, 4.69) is 34.2 Å². The summed E-state index contributed by atoms with van der Waals surface area (Å²) in [6, 6.07) is 21.6. The molecule has 3 atom stereocenters. The molecule has 166 valence electrons. The predicted octanol–water partition coefficient (Wildman–Crippen LogP) is 3.56. The molecule has 3 aromatic rings. The second-order valence-electron chi connectivity index (χ2n) is 8.81. The number of carbonyl (C=O) groups is 1. The molecule has 3 heterocycles. The number of nitriles is 1. The summed E-state index contributed by atoms with van der Waals surface area (Å²) in [5, 5.41) is 19.5. The number of aliphatic hydroxyl groups is 1. The first-order valence-corrected chi connectivity index (χ1v) is 11.3. The fraction of sp³-hybridized carbons (Fsp3) is 0.296. The lowest BCUT2D eigenvalue weighted by Gasteiger charge is -2.44. The molecular weight excluding hydrogens is 412 g/mol. The number of hydrogen-bond acceptors (Lipinski definition) is 5. The highest BCUT2D eigenvalue weighted by molar-refractivity contribution is 5.80. The maximum absolute atomic E-state index is 13.4. The van der Waals surface area contributed by atoms with E-state index in [1.807, 2.05) is 48.3 Å². The Kier molecular flexibility index (Phi) is 5.57. The zero-order valence-electron chi connectivity index (χ0n) is 18.6. The van der Waals surface area contributed by atoms with Gasteiger partial charge in [-0.15, -0.1) is 0 Å². The van der Waals surface area contributed by atoms with E-state index >= 15 is 0 Å². The minimum Gasteiger partial charge on any atom is -0.394 e. The van der Waals surface area contributed by atoms with Crippen LogP contribution in [0.2, 0.25) is 0 Å². The molecular formula is C27H26N4O2. The van der Waals surface area contributed by atoms with Crippen LogP contribution in [-0.4, -0.2) is 47.1 Å². The fourth-order valence-corrected chi connectivity index (χ4v) is 5.44. The summed E-state index contributed by atoms with van der Waals surface area (Å²) >= 11 is 0. The van der Waals surface area contributed by atoms with Crippen LogP contribution in [0.3, 0.4) is 0 Å². The number of likely N-dealkylation sites (tertiary alicyclic amines) is 1. The molecule has 1 fully saturated rings. The lowest BCUT2D eigenvalue weighted by atomic mass is 9.81. The van der Waals surface area contributed by atoms with Gasteiger partial charge in [0.1, 0.15) is 0 Å². The van der Waals surface area contributed by atoms with E-state index in [4.69, 9.17) is 0 Å². The first-order valence-electron chi connectivity index (χ1n) is 11.3. The van der Waals surface area contributed by atoms with Crippen LogP contribution in [0.15, 0.2) is 66.9 Å². The molecule has 2 aliphatic rings. The Labute approximate surface area is 193 Å². The summed E-state index contributed by atoms with van der Waals surface area (Å²) in [6.45, 7) is 0.713. The molecule has 0 bridgehead atoms. The van der Waals surface area contributed by atoms with Gasteiger partial charge in [-0.05, 0) is 59.5 Å². The van der Waals surface area contributed by atoms with E-state index in [0.29, 0.717) is 12.1 Å². The van der Waals surface area contributed by atoms with Crippen LogP contribution in [0.4, 0.5) is 5.69 Å². The average Bonchev–Trinajstić information content (AvgIpc) is 3.30. The summed E-state index contributed by atoms with van der Waals surface area (Å²) in [7, 11) is 2.02. The summed E-state index contributed by atoms with van der Waals surface area (Å²) in [4.78, 5) is 21.8. The number of benzene rings is 2. The average molecular weight is 439 g/mol. The smallest absolute Gasteiger partial charge is 0.229 e. The van der Waals surface area contributed by atoms with Crippen molar-refractivity contribution in [1.29, 1.82) is 5.26 Å². The molecule has 0 radical (unpaired) electrons. The number of carbonyl (C=O) groups excluding carboxylic acids is 1. The Bertz CT molecular complexity index is 1220. The maximum atomic E-state index is 13.4. The van der Waals surface area contributed by atoms with Crippen molar-refractivity contribution in [2.75, 3.05) is 25.1 Å². The van der Waals surface area contributed by atoms with Crippen molar-refractivity contribution in [3.05, 3.63) is 83.7 Å². The maximum Gasteiger partial charge on any atom is 0.229 e. The second-order valence-corrected chi connectivity index (χ2v) is 8.81. The second kappa shape index (κ2) is 8.68. The summed E-state index contributed by atoms with van der Waals surface area (Å²) in [6.07, 6.45) is 2.83. The van der Waals surface area contributed by atoms with E-state index in [1.54, 1.807) is 12.3 Å². The topological polar surface area (TPSA) is 80.5 Å². The highest BCUT2D eigenvalue weighted by atomic mass is 16.3. The molecule has 1 amide bonds. The molecule has 2 aromatic carbocycles. The highest BCUT2D eigenvalue weighted by Crippen LogP contribution is 2.49. The quantitative estimate of drug-likeness (QED) is 0.674. The largest absolute Gasteiger partial charge is 0.394 e. The van der Waals surface area contributed by atoms with Crippen LogP contribution in [0.5, 0.6) is 0 Å². The fourth-order valence-electron chi connectivity index (χ4n) is 5.44. The van der Waals surface area contributed by atoms with Crippen molar-refractivity contribution in [3.63, 3.8) is 0 Å². The van der Waals surface area contributed by atoms with Crippen LogP contribution in [0.25, 0.3) is 11.1 Å². The monoisotopic (exact) mass is 438 g/mol. The number of fused-ring (bicyclic) bond motifs is 3. The van der Waals surface area contributed by atoms with Crippen molar-refractivity contribution < 1.29 is 9.90 Å². The Hall–Kier alpha value is -3.69. The van der Waals surface area contributed by atoms with Crippen LogP contribution < -0.4 is 4.90 Å². The molecule has 6 heteroatoms. The van der Waals surface area contributed by atoms with Crippen LogP contribution in [-0.2, 0) is 11.2 Å². The van der Waals surface area contributed by atoms with Gasteiger partial charge in [0.2, 0.25) is 5.91 Å². The van der Waals surface area contributed by atoms with Gasteiger partial charge in [0, 0.05) is 37.1 Å². The first-order chi connectivity index (χ1) is 16.1. The number of rotatable bonds is 4. The third-order valence-corrected chi connectivity index (χ3v) is 7.05. The third kappa shape index (κ3) is 3.75. The van der Waals surface area contributed by atoms with E-state index in [9.17, 15) is 15.2 Å². The lowest BCUT2D eigenvalue weighted by Crippen LogP contribution is -2.48. The van der Waals surface area contributed by atoms with Gasteiger partial charge in [0.05, 0.1) is 36.7 Å². The first kappa shape index (κ1) is 21.2. The SMILES string of the molecule is CN1c2ccc(-c3cccc(C#N)c3)cc2[C@@H]2[C@@H](CCN2C(=O)Cc2ccccn2)[C@@H]1CO. The highest BCUT2D eigenvalue weighted by Gasteiger charge is 2.47. The number of hydrogen-bond donors (Lipinski definition) is 1. The van der Waals surface area contributed by atoms with Crippen molar-refractivity contribution >= 4 is 11.6 Å². The molecule has 2 aliphatic heterocycles. The molecule has 0 spiro atoms. The summed E-state index contributed by atoms with van der Waals surface area (Å²) < 4.78 is 0. The van der Waals surface area contributed by atoms with Crippen LogP contribution in [0, 0.1) is 17.2 Å².